The van der Waals surface area contributed by atoms with Gasteiger partial charge in [0, 0.05) is 23.8 Å². The Balaban J connectivity index is 2.05. The second-order valence-corrected chi connectivity index (χ2v) is 5.79. The van der Waals surface area contributed by atoms with Crippen LogP contribution in [0.15, 0.2) is 16.9 Å². The molecule has 18 heavy (non-hydrogen) atoms. The van der Waals surface area contributed by atoms with Crippen LogP contribution in [0.25, 0.3) is 0 Å². The molecule has 0 aliphatic carbocycles. The van der Waals surface area contributed by atoms with Crippen molar-refractivity contribution in [1.82, 2.24) is 15.0 Å². The number of aromatic nitrogens is 3. The van der Waals surface area contributed by atoms with Crippen molar-refractivity contribution in [3.63, 3.8) is 0 Å². The Morgan fingerprint density at radius 2 is 2.11 bits per heavy atom. The molecule has 7 heteroatoms. The minimum absolute atomic E-state index is 0.628. The van der Waals surface area contributed by atoms with Crippen LogP contribution in [0.2, 0.25) is 0 Å². The summed E-state index contributed by atoms with van der Waals surface area (Å²) in [6.45, 7) is 5.53. The molecule has 5 nitrogen and oxygen atoms in total. The predicted molar refractivity (Wildman–Crippen MR) is 78.1 cm³/mol. The lowest BCUT2D eigenvalue weighted by Gasteiger charge is -2.08. The largest absolute Gasteiger partial charge is 0.364 e. The number of rotatable bonds is 5. The van der Waals surface area contributed by atoms with Crippen LogP contribution in [0.5, 0.6) is 0 Å². The summed E-state index contributed by atoms with van der Waals surface area (Å²) in [4.78, 5) is 14.0. The lowest BCUT2D eigenvalue weighted by atomic mass is 10.5. The summed E-state index contributed by atoms with van der Waals surface area (Å²) >= 11 is 5.11. The third kappa shape index (κ3) is 3.39. The Morgan fingerprint density at radius 3 is 2.78 bits per heavy atom. The van der Waals surface area contributed by atoms with E-state index in [4.69, 9.17) is 0 Å². The minimum atomic E-state index is 0.628. The second kappa shape index (κ2) is 6.10. The molecule has 2 rings (SSSR count). The molecule has 0 aliphatic rings. The van der Waals surface area contributed by atoms with Crippen LogP contribution in [0.1, 0.15) is 16.8 Å². The number of thiazole rings is 1. The molecule has 2 aromatic rings. The molecule has 0 bridgehead atoms. The summed E-state index contributed by atoms with van der Waals surface area (Å²) in [5, 5.41) is 7.43. The first kappa shape index (κ1) is 13.2. The van der Waals surface area contributed by atoms with E-state index < -0.39 is 0 Å². The van der Waals surface area contributed by atoms with Crippen molar-refractivity contribution in [2.45, 2.75) is 20.4 Å². The summed E-state index contributed by atoms with van der Waals surface area (Å²) < 4.78 is 0.852. The fourth-order valence-electron chi connectivity index (χ4n) is 1.39. The van der Waals surface area contributed by atoms with Gasteiger partial charge in [-0.1, -0.05) is 0 Å². The third-order valence-corrected chi connectivity index (χ3v) is 3.67. The summed E-state index contributed by atoms with van der Waals surface area (Å²) in [6, 6.07) is 0. The van der Waals surface area contributed by atoms with Gasteiger partial charge in [0.15, 0.2) is 0 Å². The van der Waals surface area contributed by atoms with Crippen LogP contribution in [0.3, 0.4) is 0 Å². The van der Waals surface area contributed by atoms with E-state index in [1.54, 1.807) is 17.5 Å². The quantitative estimate of drug-likeness (QED) is 0.883. The van der Waals surface area contributed by atoms with Gasteiger partial charge in [-0.05, 0) is 29.8 Å². The average molecular weight is 328 g/mol. The molecule has 2 N–H and O–H groups in total. The van der Waals surface area contributed by atoms with Gasteiger partial charge >= 0.3 is 0 Å². The highest BCUT2D eigenvalue weighted by Gasteiger charge is 2.05. The van der Waals surface area contributed by atoms with Gasteiger partial charge in [-0.15, -0.1) is 11.3 Å². The van der Waals surface area contributed by atoms with E-state index in [0.717, 1.165) is 21.8 Å². The Kier molecular flexibility index (Phi) is 4.48. The smallest absolute Gasteiger partial charge is 0.224 e. The van der Waals surface area contributed by atoms with E-state index in [0.29, 0.717) is 12.5 Å². The lowest BCUT2D eigenvalue weighted by Crippen LogP contribution is -2.06. The van der Waals surface area contributed by atoms with Gasteiger partial charge in [-0.3, -0.25) is 0 Å². The van der Waals surface area contributed by atoms with Crippen molar-refractivity contribution in [3.8, 4) is 0 Å². The zero-order chi connectivity index (χ0) is 13.0. The summed E-state index contributed by atoms with van der Waals surface area (Å²) in [5.41, 5.74) is 0. The number of anilines is 2. The number of hydrogen-bond donors (Lipinski definition) is 2. The van der Waals surface area contributed by atoms with Gasteiger partial charge in [-0.2, -0.15) is 4.98 Å². The van der Waals surface area contributed by atoms with Gasteiger partial charge in [0.2, 0.25) is 5.95 Å². The molecule has 0 saturated heterocycles. The van der Waals surface area contributed by atoms with Crippen molar-refractivity contribution in [3.05, 3.63) is 26.8 Å². The van der Waals surface area contributed by atoms with Crippen LogP contribution >= 0.6 is 27.3 Å². The number of aryl methyl sites for hydroxylation is 1. The summed E-state index contributed by atoms with van der Waals surface area (Å²) in [7, 11) is 0. The first-order valence-corrected chi connectivity index (χ1v) is 7.21. The topological polar surface area (TPSA) is 62.7 Å². The highest BCUT2D eigenvalue weighted by atomic mass is 79.9. The van der Waals surface area contributed by atoms with Gasteiger partial charge < -0.3 is 10.6 Å². The zero-order valence-electron chi connectivity index (χ0n) is 10.2. The van der Waals surface area contributed by atoms with Crippen molar-refractivity contribution >= 4 is 39.0 Å². The molecular formula is C11H14BrN5S. The molecule has 0 fully saturated rings. The normalized spacial score (nSPS) is 10.4. The molecule has 0 aromatic carbocycles. The van der Waals surface area contributed by atoms with E-state index in [9.17, 15) is 0 Å². The Hall–Kier alpha value is -1.21. The molecule has 96 valence electrons. The molecule has 0 amide bonds. The van der Waals surface area contributed by atoms with Gasteiger partial charge in [0.25, 0.3) is 0 Å². The Morgan fingerprint density at radius 1 is 1.28 bits per heavy atom. The highest BCUT2D eigenvalue weighted by molar-refractivity contribution is 9.10. The van der Waals surface area contributed by atoms with Gasteiger partial charge in [0.1, 0.15) is 5.82 Å². The molecule has 0 unspecified atom stereocenters. The van der Waals surface area contributed by atoms with Crippen LogP contribution in [-0.4, -0.2) is 21.5 Å². The van der Waals surface area contributed by atoms with Gasteiger partial charge in [-0.25, -0.2) is 9.97 Å². The molecule has 0 saturated carbocycles. The van der Waals surface area contributed by atoms with E-state index in [-0.39, 0.29) is 0 Å². The maximum atomic E-state index is 4.39. The zero-order valence-corrected chi connectivity index (χ0v) is 12.6. The summed E-state index contributed by atoms with van der Waals surface area (Å²) in [5.74, 6) is 1.41. The monoisotopic (exact) mass is 327 g/mol. The fraction of sp³-hybridized carbons (Fsp3) is 0.364. The standard InChI is InChI=1S/C11H14BrN5S/c1-3-13-11-16-6-9(12)10(17-11)15-5-8-4-14-7(2)18-8/h4,6H,3,5H2,1-2H3,(H2,13,15,16,17). The molecule has 0 aliphatic heterocycles. The fourth-order valence-corrected chi connectivity index (χ4v) is 2.46. The van der Waals surface area contributed by atoms with E-state index in [2.05, 4.69) is 41.5 Å². The molecular weight excluding hydrogens is 314 g/mol. The predicted octanol–water partition coefficient (Wildman–Crippen LogP) is 3.05. The van der Waals surface area contributed by atoms with Crippen molar-refractivity contribution in [2.75, 3.05) is 17.2 Å². The number of nitrogens with one attached hydrogen (secondary N) is 2. The van der Waals surface area contributed by atoms with Crippen molar-refractivity contribution < 1.29 is 0 Å². The SMILES string of the molecule is CCNc1ncc(Br)c(NCc2cnc(C)s2)n1. The lowest BCUT2D eigenvalue weighted by molar-refractivity contribution is 1.05. The van der Waals surface area contributed by atoms with Crippen molar-refractivity contribution in [2.24, 2.45) is 0 Å². The molecule has 0 radical (unpaired) electrons. The first-order chi connectivity index (χ1) is 8.69. The Labute approximate surface area is 118 Å². The maximum Gasteiger partial charge on any atom is 0.224 e. The number of hydrogen-bond acceptors (Lipinski definition) is 6. The first-order valence-electron chi connectivity index (χ1n) is 5.60. The van der Waals surface area contributed by atoms with E-state index >= 15 is 0 Å². The molecule has 2 aromatic heterocycles. The average Bonchev–Trinajstić information content (AvgIpc) is 2.76. The number of halogens is 1. The van der Waals surface area contributed by atoms with E-state index in [1.807, 2.05) is 20.0 Å². The van der Waals surface area contributed by atoms with Crippen LogP contribution in [-0.2, 0) is 6.54 Å². The maximum absolute atomic E-state index is 4.39. The van der Waals surface area contributed by atoms with Crippen LogP contribution in [0, 0.1) is 6.92 Å². The summed E-state index contributed by atoms with van der Waals surface area (Å²) in [6.07, 6.45) is 3.62. The minimum Gasteiger partial charge on any atom is -0.364 e. The second-order valence-electron chi connectivity index (χ2n) is 3.62. The molecule has 2 heterocycles. The van der Waals surface area contributed by atoms with Crippen LogP contribution in [0.4, 0.5) is 11.8 Å². The highest BCUT2D eigenvalue weighted by Crippen LogP contribution is 2.21. The molecule has 0 spiro atoms. The van der Waals surface area contributed by atoms with Crippen LogP contribution < -0.4 is 10.6 Å². The Bertz CT molecular complexity index is 528. The molecule has 0 atom stereocenters. The van der Waals surface area contributed by atoms with E-state index in [1.165, 1.54) is 4.88 Å². The van der Waals surface area contributed by atoms with Gasteiger partial charge in [0.05, 0.1) is 16.0 Å². The van der Waals surface area contributed by atoms with Crippen molar-refractivity contribution in [1.29, 1.82) is 0 Å². The number of nitrogens with zero attached hydrogens (tertiary/aromatic N) is 3. The third-order valence-electron chi connectivity index (χ3n) is 2.18.